The summed E-state index contributed by atoms with van der Waals surface area (Å²) in [6.07, 6.45) is -6.42. The number of aliphatic hydroxyl groups excluding tert-OH is 1. The predicted octanol–water partition coefficient (Wildman–Crippen LogP) is 1.43. The third kappa shape index (κ3) is 3.86. The first-order valence-electron chi connectivity index (χ1n) is 5.01. The number of aliphatic carboxylic acids is 1. The van der Waals surface area contributed by atoms with E-state index in [1.54, 1.807) is 0 Å². The highest BCUT2D eigenvalue weighted by Crippen LogP contribution is 2.33. The minimum Gasteiger partial charge on any atom is -0.479 e. The van der Waals surface area contributed by atoms with Gasteiger partial charge in [-0.2, -0.15) is 18.4 Å². The van der Waals surface area contributed by atoms with E-state index in [2.05, 4.69) is 5.32 Å². The second-order valence-electron chi connectivity index (χ2n) is 3.60. The van der Waals surface area contributed by atoms with Crippen molar-refractivity contribution in [1.82, 2.24) is 0 Å². The molecule has 8 heteroatoms. The number of benzene rings is 1. The van der Waals surface area contributed by atoms with Gasteiger partial charge in [0.15, 0.2) is 6.10 Å². The van der Waals surface area contributed by atoms with Gasteiger partial charge in [0.1, 0.15) is 0 Å². The Kier molecular flexibility index (Phi) is 4.34. The van der Waals surface area contributed by atoms with E-state index in [0.29, 0.717) is 6.07 Å². The third-order valence-electron chi connectivity index (χ3n) is 2.23. The number of nitrogens with one attached hydrogen (secondary N) is 1. The summed E-state index contributed by atoms with van der Waals surface area (Å²) < 4.78 is 37.9. The van der Waals surface area contributed by atoms with Gasteiger partial charge in [-0.25, -0.2) is 4.79 Å². The van der Waals surface area contributed by atoms with Gasteiger partial charge in [0.25, 0.3) is 0 Å². The van der Waals surface area contributed by atoms with Gasteiger partial charge in [-0.05, 0) is 18.2 Å². The number of hydrogen-bond acceptors (Lipinski definition) is 4. The summed E-state index contributed by atoms with van der Waals surface area (Å²) >= 11 is 0. The van der Waals surface area contributed by atoms with Gasteiger partial charge in [-0.15, -0.1) is 0 Å². The number of rotatable bonds is 4. The molecule has 19 heavy (non-hydrogen) atoms. The smallest absolute Gasteiger partial charge is 0.417 e. The van der Waals surface area contributed by atoms with Crippen molar-refractivity contribution in [3.8, 4) is 6.07 Å². The number of carboxylic acids is 1. The first kappa shape index (κ1) is 14.8. The maximum absolute atomic E-state index is 12.6. The van der Waals surface area contributed by atoms with Crippen molar-refractivity contribution >= 4 is 11.7 Å². The van der Waals surface area contributed by atoms with Crippen LogP contribution in [-0.2, 0) is 11.0 Å². The molecule has 0 saturated carbocycles. The number of anilines is 1. The Bertz CT molecular complexity index is 523. The normalized spacial score (nSPS) is 12.6. The molecule has 102 valence electrons. The van der Waals surface area contributed by atoms with E-state index in [1.807, 2.05) is 0 Å². The van der Waals surface area contributed by atoms with Gasteiger partial charge in [-0.3, -0.25) is 0 Å². The lowest BCUT2D eigenvalue weighted by Crippen LogP contribution is -2.28. The maximum atomic E-state index is 12.6. The number of carboxylic acid groups (broad SMARTS) is 1. The van der Waals surface area contributed by atoms with E-state index in [4.69, 9.17) is 15.5 Å². The van der Waals surface area contributed by atoms with Crippen LogP contribution in [0.3, 0.4) is 0 Å². The summed E-state index contributed by atoms with van der Waals surface area (Å²) in [5, 5.41) is 28.3. The highest BCUT2D eigenvalue weighted by molar-refractivity contribution is 5.72. The van der Waals surface area contributed by atoms with Crippen molar-refractivity contribution in [2.75, 3.05) is 11.9 Å². The first-order chi connectivity index (χ1) is 8.75. The molecule has 0 spiro atoms. The molecule has 0 amide bonds. The van der Waals surface area contributed by atoms with E-state index in [9.17, 15) is 18.0 Å². The summed E-state index contributed by atoms with van der Waals surface area (Å²) in [5.41, 5.74) is -1.69. The maximum Gasteiger partial charge on any atom is 0.417 e. The number of nitrogens with zero attached hydrogens (tertiary/aromatic N) is 1. The van der Waals surface area contributed by atoms with Crippen LogP contribution in [0, 0.1) is 11.3 Å². The zero-order chi connectivity index (χ0) is 14.6. The Morgan fingerprint density at radius 2 is 2.11 bits per heavy atom. The van der Waals surface area contributed by atoms with Crippen LogP contribution in [0.4, 0.5) is 18.9 Å². The lowest BCUT2D eigenvalue weighted by atomic mass is 10.1. The molecule has 1 rings (SSSR count). The number of aliphatic hydroxyl groups is 1. The fourth-order valence-corrected chi connectivity index (χ4v) is 1.29. The van der Waals surface area contributed by atoms with Gasteiger partial charge in [0, 0.05) is 5.69 Å². The van der Waals surface area contributed by atoms with Gasteiger partial charge in [0.05, 0.1) is 23.7 Å². The van der Waals surface area contributed by atoms with Crippen molar-refractivity contribution < 1.29 is 28.2 Å². The van der Waals surface area contributed by atoms with Crippen molar-refractivity contribution in [2.45, 2.75) is 12.3 Å². The predicted molar refractivity (Wildman–Crippen MR) is 58.3 cm³/mol. The number of alkyl halides is 3. The van der Waals surface area contributed by atoms with E-state index < -0.39 is 35.9 Å². The first-order valence-corrected chi connectivity index (χ1v) is 5.01. The van der Waals surface area contributed by atoms with Crippen LogP contribution in [0.5, 0.6) is 0 Å². The van der Waals surface area contributed by atoms with Gasteiger partial charge >= 0.3 is 12.1 Å². The number of carbonyl (C=O) groups is 1. The molecule has 0 aliphatic rings. The largest absolute Gasteiger partial charge is 0.479 e. The third-order valence-corrected chi connectivity index (χ3v) is 2.23. The molecule has 0 aliphatic carbocycles. The van der Waals surface area contributed by atoms with Crippen LogP contribution in [0.2, 0.25) is 0 Å². The van der Waals surface area contributed by atoms with E-state index in [-0.39, 0.29) is 5.69 Å². The van der Waals surface area contributed by atoms with Crippen molar-refractivity contribution in [2.24, 2.45) is 0 Å². The Morgan fingerprint density at radius 3 is 2.58 bits per heavy atom. The average molecular weight is 274 g/mol. The number of halogens is 3. The van der Waals surface area contributed by atoms with Crippen LogP contribution >= 0.6 is 0 Å². The Morgan fingerprint density at radius 1 is 1.47 bits per heavy atom. The SMILES string of the molecule is N#Cc1ccc(NCC(O)C(=O)O)cc1C(F)(F)F. The van der Waals surface area contributed by atoms with Crippen molar-refractivity contribution in [3.63, 3.8) is 0 Å². The molecule has 1 atom stereocenters. The lowest BCUT2D eigenvalue weighted by Gasteiger charge is -2.13. The molecular formula is C11H9F3N2O3. The molecular weight excluding hydrogens is 265 g/mol. The second-order valence-corrected chi connectivity index (χ2v) is 3.60. The van der Waals surface area contributed by atoms with Crippen LogP contribution in [0.1, 0.15) is 11.1 Å². The van der Waals surface area contributed by atoms with Gasteiger partial charge in [0.2, 0.25) is 0 Å². The molecule has 0 radical (unpaired) electrons. The average Bonchev–Trinajstić information content (AvgIpc) is 2.34. The molecule has 0 aliphatic heterocycles. The van der Waals surface area contributed by atoms with Crippen LogP contribution in [-0.4, -0.2) is 28.8 Å². The van der Waals surface area contributed by atoms with Crippen molar-refractivity contribution in [1.29, 1.82) is 5.26 Å². The summed E-state index contributed by atoms with van der Waals surface area (Å²) in [6.45, 7) is -0.446. The minimum atomic E-state index is -4.69. The van der Waals surface area contributed by atoms with E-state index in [1.165, 1.54) is 12.1 Å². The van der Waals surface area contributed by atoms with Crippen LogP contribution in [0.15, 0.2) is 18.2 Å². The topological polar surface area (TPSA) is 93.4 Å². The van der Waals surface area contributed by atoms with Crippen LogP contribution in [0.25, 0.3) is 0 Å². The fraction of sp³-hybridized carbons (Fsp3) is 0.273. The van der Waals surface area contributed by atoms with Gasteiger partial charge in [-0.1, -0.05) is 0 Å². The number of nitriles is 1. The zero-order valence-corrected chi connectivity index (χ0v) is 9.40. The zero-order valence-electron chi connectivity index (χ0n) is 9.40. The summed E-state index contributed by atoms with van der Waals surface area (Å²) in [7, 11) is 0. The molecule has 0 heterocycles. The number of hydrogen-bond donors (Lipinski definition) is 3. The quantitative estimate of drug-likeness (QED) is 0.772. The molecule has 0 aromatic heterocycles. The van der Waals surface area contributed by atoms with E-state index in [0.717, 1.165) is 6.07 Å². The molecule has 1 aromatic carbocycles. The molecule has 3 N–H and O–H groups in total. The minimum absolute atomic E-state index is 0.0355. The summed E-state index contributed by atoms with van der Waals surface area (Å²) in [4.78, 5) is 10.3. The Balaban J connectivity index is 2.94. The second kappa shape index (κ2) is 5.58. The molecule has 1 unspecified atom stereocenters. The summed E-state index contributed by atoms with van der Waals surface area (Å²) in [6, 6.07) is 4.28. The van der Waals surface area contributed by atoms with Crippen LogP contribution < -0.4 is 5.32 Å². The summed E-state index contributed by atoms with van der Waals surface area (Å²) in [5.74, 6) is -1.49. The monoisotopic (exact) mass is 274 g/mol. The molecule has 1 aromatic rings. The molecule has 0 fully saturated rings. The highest BCUT2D eigenvalue weighted by atomic mass is 19.4. The Labute approximate surface area is 105 Å². The van der Waals surface area contributed by atoms with Crippen molar-refractivity contribution in [3.05, 3.63) is 29.3 Å². The fourth-order valence-electron chi connectivity index (χ4n) is 1.29. The molecule has 5 nitrogen and oxygen atoms in total. The standard InChI is InChI=1S/C11H9F3N2O3/c12-11(13,14)8-3-7(2-1-6(8)4-15)16-5-9(17)10(18)19/h1-3,9,16-17H,5H2,(H,18,19). The molecule has 0 saturated heterocycles. The van der Waals surface area contributed by atoms with E-state index >= 15 is 0 Å². The lowest BCUT2D eigenvalue weighted by molar-refractivity contribution is -0.145. The Hall–Kier alpha value is -2.27. The highest BCUT2D eigenvalue weighted by Gasteiger charge is 2.33. The van der Waals surface area contributed by atoms with Gasteiger partial charge < -0.3 is 15.5 Å². The molecule has 0 bridgehead atoms.